The minimum absolute atomic E-state index is 0.111. The normalized spacial score (nSPS) is 15.2. The molecule has 38 heavy (non-hydrogen) atoms. The van der Waals surface area contributed by atoms with Crippen molar-refractivity contribution in [1.82, 2.24) is 14.9 Å². The van der Waals surface area contributed by atoms with Crippen molar-refractivity contribution in [2.45, 2.75) is 77.7 Å². The van der Waals surface area contributed by atoms with Crippen LogP contribution in [0, 0.1) is 11.8 Å². The fourth-order valence-corrected chi connectivity index (χ4v) is 6.66. The number of nitrogens with zero attached hydrogens (tertiary/aromatic N) is 3. The van der Waals surface area contributed by atoms with Crippen molar-refractivity contribution >= 4 is 42.5 Å². The molecule has 0 saturated heterocycles. The number of anilines is 1. The molecule has 1 aliphatic carbocycles. The summed E-state index contributed by atoms with van der Waals surface area (Å²) in [4.78, 5) is 24.7. The van der Waals surface area contributed by atoms with Crippen LogP contribution in [0.2, 0.25) is 24.7 Å². The molecule has 198 valence electrons. The highest BCUT2D eigenvalue weighted by atomic mass is 35.5. The molecule has 1 aromatic carbocycles. The topological polar surface area (TPSA) is 90.6 Å². The van der Waals surface area contributed by atoms with Crippen LogP contribution in [0.15, 0.2) is 30.5 Å². The van der Waals surface area contributed by atoms with E-state index in [0.717, 1.165) is 40.6 Å². The second kappa shape index (κ2) is 9.97. The number of hydrogen-bond acceptors (Lipinski definition) is 6. The molecule has 0 unspecified atom stereocenters. The van der Waals surface area contributed by atoms with E-state index in [9.17, 15) is 4.79 Å². The molecule has 0 radical (unpaired) electrons. The molecule has 1 saturated carbocycles. The lowest BCUT2D eigenvalue weighted by Gasteiger charge is -2.28. The number of pyridine rings is 2. The Labute approximate surface area is 229 Å². The maximum Gasteiger partial charge on any atom is 0.255 e. The molecule has 1 fully saturated rings. The molecule has 0 spiro atoms. The van der Waals surface area contributed by atoms with Crippen LogP contribution in [0.5, 0.6) is 0 Å². The number of carbonyl (C=O) groups excluding carboxylic acids is 1. The first-order valence-electron chi connectivity index (χ1n) is 12.9. The Hall–Kier alpha value is -2.96. The summed E-state index contributed by atoms with van der Waals surface area (Å²) in [6, 6.07) is 7.61. The lowest BCUT2D eigenvalue weighted by molar-refractivity contribution is 0.0728. The summed E-state index contributed by atoms with van der Waals surface area (Å²) in [5, 5.41) is 1.22. The van der Waals surface area contributed by atoms with Gasteiger partial charge in [0.05, 0.1) is 41.6 Å². The zero-order valence-electron chi connectivity index (χ0n) is 22.5. The first-order chi connectivity index (χ1) is 17.9. The number of fused-ring (bicyclic) bond motifs is 3. The standard InChI is InChI=1S/C29H33ClN4O3Si/c1-29(2,37-38(3,4)5)11-10-18-6-7-19(32-14-18)15-34(20-8-9-20)28(35)22-12-21-23-16-36-17-24(23)27(31)33-26(21)13-25(22)30/h6-7,12-14,20H,8-9,15-17H2,1-5H3,(H2,31,33). The van der Waals surface area contributed by atoms with Crippen LogP contribution in [0.1, 0.15) is 59.4 Å². The number of nitrogens with two attached hydrogens (primary N) is 1. The number of nitrogen functional groups attached to an aromatic ring is 1. The third-order valence-corrected chi connectivity index (χ3v) is 7.96. The first kappa shape index (κ1) is 26.6. The molecule has 2 aliphatic rings. The molecule has 2 N–H and O–H groups in total. The molecule has 3 aromatic rings. The summed E-state index contributed by atoms with van der Waals surface area (Å²) >= 11 is 6.61. The lowest BCUT2D eigenvalue weighted by atomic mass is 10.0. The third-order valence-electron chi connectivity index (χ3n) is 6.52. The van der Waals surface area contributed by atoms with E-state index >= 15 is 0 Å². The first-order valence-corrected chi connectivity index (χ1v) is 16.7. The molecule has 5 rings (SSSR count). The van der Waals surface area contributed by atoms with Crippen molar-refractivity contribution in [3.8, 4) is 11.8 Å². The molecule has 2 aromatic heterocycles. The van der Waals surface area contributed by atoms with Crippen LogP contribution in [-0.2, 0) is 28.9 Å². The van der Waals surface area contributed by atoms with Gasteiger partial charge in [-0.05, 0) is 76.2 Å². The van der Waals surface area contributed by atoms with E-state index in [-0.39, 0.29) is 11.9 Å². The zero-order chi connectivity index (χ0) is 27.2. The fourth-order valence-electron chi connectivity index (χ4n) is 4.84. The van der Waals surface area contributed by atoms with Gasteiger partial charge in [0.2, 0.25) is 0 Å². The van der Waals surface area contributed by atoms with Gasteiger partial charge in [-0.15, -0.1) is 0 Å². The summed E-state index contributed by atoms with van der Waals surface area (Å²) in [5.41, 5.74) is 10.2. The van der Waals surface area contributed by atoms with E-state index in [1.165, 1.54) is 0 Å². The minimum atomic E-state index is -1.71. The van der Waals surface area contributed by atoms with Gasteiger partial charge < -0.3 is 19.8 Å². The Balaban J connectivity index is 1.37. The largest absolute Gasteiger partial charge is 0.402 e. The van der Waals surface area contributed by atoms with Gasteiger partial charge in [-0.1, -0.05) is 23.4 Å². The Morgan fingerprint density at radius 1 is 1.24 bits per heavy atom. The predicted octanol–water partition coefficient (Wildman–Crippen LogP) is 5.68. The summed E-state index contributed by atoms with van der Waals surface area (Å²) < 4.78 is 11.8. The Kier molecular flexibility index (Phi) is 6.99. The molecule has 3 heterocycles. The smallest absolute Gasteiger partial charge is 0.255 e. The van der Waals surface area contributed by atoms with Gasteiger partial charge in [-0.25, -0.2) is 4.98 Å². The van der Waals surface area contributed by atoms with Crippen molar-refractivity contribution in [3.63, 3.8) is 0 Å². The Morgan fingerprint density at radius 2 is 1.97 bits per heavy atom. The van der Waals surface area contributed by atoms with Gasteiger partial charge in [0.25, 0.3) is 5.91 Å². The Bertz CT molecular complexity index is 1470. The monoisotopic (exact) mass is 548 g/mol. The maximum absolute atomic E-state index is 13.8. The van der Waals surface area contributed by atoms with E-state index in [1.807, 2.05) is 36.9 Å². The highest BCUT2D eigenvalue weighted by Gasteiger charge is 2.34. The number of halogens is 1. The molecule has 9 heteroatoms. The summed E-state index contributed by atoms with van der Waals surface area (Å²) in [5.74, 6) is 6.74. The lowest BCUT2D eigenvalue weighted by Crippen LogP contribution is -2.37. The number of benzene rings is 1. The average molecular weight is 549 g/mol. The second-order valence-corrected chi connectivity index (χ2v) is 16.3. The van der Waals surface area contributed by atoms with Crippen LogP contribution < -0.4 is 5.73 Å². The number of carbonyl (C=O) groups is 1. The van der Waals surface area contributed by atoms with Crippen molar-refractivity contribution in [2.24, 2.45) is 0 Å². The van der Waals surface area contributed by atoms with Crippen molar-refractivity contribution in [2.75, 3.05) is 5.73 Å². The van der Waals surface area contributed by atoms with Crippen LogP contribution >= 0.6 is 11.6 Å². The molecular formula is C29H33ClN4O3Si. The quantitative estimate of drug-likeness (QED) is 0.315. The Morgan fingerprint density at radius 3 is 2.63 bits per heavy atom. The number of ether oxygens (including phenoxy) is 1. The van der Waals surface area contributed by atoms with Crippen molar-refractivity contribution < 1.29 is 14.0 Å². The van der Waals surface area contributed by atoms with E-state index in [4.69, 9.17) is 26.5 Å². The van der Waals surface area contributed by atoms with Gasteiger partial charge in [0.1, 0.15) is 11.4 Å². The number of rotatable bonds is 6. The number of hydrogen-bond donors (Lipinski definition) is 1. The van der Waals surface area contributed by atoms with Crippen LogP contribution in [-0.4, -0.2) is 40.7 Å². The predicted molar refractivity (Wildman–Crippen MR) is 152 cm³/mol. The van der Waals surface area contributed by atoms with Crippen molar-refractivity contribution in [3.05, 3.63) is 63.4 Å². The van der Waals surface area contributed by atoms with Gasteiger partial charge in [-0.2, -0.15) is 0 Å². The van der Waals surface area contributed by atoms with E-state index in [1.54, 1.807) is 12.3 Å². The summed E-state index contributed by atoms with van der Waals surface area (Å²) in [7, 11) is -1.71. The highest BCUT2D eigenvalue weighted by molar-refractivity contribution is 6.69. The molecule has 0 atom stereocenters. The molecule has 0 bridgehead atoms. The zero-order valence-corrected chi connectivity index (χ0v) is 24.3. The number of aromatic nitrogens is 2. The highest BCUT2D eigenvalue weighted by Crippen LogP contribution is 2.36. The van der Waals surface area contributed by atoms with E-state index < -0.39 is 13.9 Å². The van der Waals surface area contributed by atoms with Crippen molar-refractivity contribution in [1.29, 1.82) is 0 Å². The summed E-state index contributed by atoms with van der Waals surface area (Å²) in [6.07, 6.45) is 3.69. The number of amides is 1. The molecule has 1 aliphatic heterocycles. The summed E-state index contributed by atoms with van der Waals surface area (Å²) in [6.45, 7) is 11.7. The van der Waals surface area contributed by atoms with Gasteiger partial charge in [0, 0.05) is 28.8 Å². The minimum Gasteiger partial charge on any atom is -0.402 e. The van der Waals surface area contributed by atoms with Gasteiger partial charge in [-0.3, -0.25) is 9.78 Å². The van der Waals surface area contributed by atoms with Crippen LogP contribution in [0.25, 0.3) is 10.9 Å². The molecule has 7 nitrogen and oxygen atoms in total. The van der Waals surface area contributed by atoms with Gasteiger partial charge >= 0.3 is 0 Å². The third kappa shape index (κ3) is 5.86. The second-order valence-electron chi connectivity index (χ2n) is 11.5. The van der Waals surface area contributed by atoms with Crippen LogP contribution in [0.4, 0.5) is 5.82 Å². The van der Waals surface area contributed by atoms with Gasteiger partial charge in [0.15, 0.2) is 8.32 Å². The van der Waals surface area contributed by atoms with E-state index in [0.29, 0.717) is 41.7 Å². The SMILES string of the molecule is CC(C)(C#Cc1ccc(CN(C(=O)c2cc3c4c(c(N)nc3cc2Cl)COC4)C2CC2)nc1)O[Si](C)(C)C. The van der Waals surface area contributed by atoms with Crippen LogP contribution in [0.3, 0.4) is 0 Å². The molecule has 1 amide bonds. The van der Waals surface area contributed by atoms with E-state index in [2.05, 4.69) is 41.4 Å². The maximum atomic E-state index is 13.8. The molecular weight excluding hydrogens is 516 g/mol. The average Bonchev–Trinajstić information content (AvgIpc) is 3.54. The fraction of sp³-hybridized carbons (Fsp3) is 0.414.